The van der Waals surface area contributed by atoms with E-state index in [1.165, 1.54) is 12.8 Å². The largest absolute Gasteiger partial charge is 0.383 e. The van der Waals surface area contributed by atoms with E-state index in [-0.39, 0.29) is 5.54 Å². The first-order valence-corrected chi connectivity index (χ1v) is 6.94. The number of nitrogens with zero attached hydrogens (tertiary/aromatic N) is 2. The Morgan fingerprint density at radius 3 is 2.88 bits per heavy atom. The van der Waals surface area contributed by atoms with Crippen LogP contribution in [-0.2, 0) is 11.3 Å². The fraction of sp³-hybridized carbons (Fsp3) is 0.750. The molecule has 0 radical (unpaired) electrons. The highest BCUT2D eigenvalue weighted by Gasteiger charge is 2.47. The van der Waals surface area contributed by atoms with Gasteiger partial charge < -0.3 is 10.5 Å². The number of methoxy groups -OCH3 is 1. The molecule has 5 heteroatoms. The van der Waals surface area contributed by atoms with Crippen LogP contribution >= 0.6 is 11.3 Å². The molecule has 0 amide bonds. The molecule has 2 N–H and O–H groups in total. The fourth-order valence-corrected chi connectivity index (χ4v) is 3.06. The van der Waals surface area contributed by atoms with Crippen LogP contribution in [0.4, 0.5) is 0 Å². The van der Waals surface area contributed by atoms with E-state index in [1.54, 1.807) is 18.4 Å². The van der Waals surface area contributed by atoms with Gasteiger partial charge in [0.25, 0.3) is 0 Å². The van der Waals surface area contributed by atoms with Gasteiger partial charge in [0.1, 0.15) is 0 Å². The van der Waals surface area contributed by atoms with Crippen molar-refractivity contribution < 1.29 is 4.74 Å². The monoisotopic (exact) mass is 255 g/mol. The molecule has 1 heterocycles. The standard InChI is InChI=1S/C12H21N3OS/c1-15(5-11-6-17-9-14-11)12(7-13,8-16-2)10-3-4-10/h6,9-10H,3-5,7-8,13H2,1-2H3. The quantitative estimate of drug-likeness (QED) is 0.798. The summed E-state index contributed by atoms with van der Waals surface area (Å²) in [5, 5.41) is 2.09. The molecular formula is C12H21N3OS. The molecule has 0 aromatic carbocycles. The zero-order valence-corrected chi connectivity index (χ0v) is 11.4. The lowest BCUT2D eigenvalue weighted by atomic mass is 9.92. The Balaban J connectivity index is 2.08. The third-order valence-electron chi connectivity index (χ3n) is 3.73. The van der Waals surface area contributed by atoms with Gasteiger partial charge in [0.15, 0.2) is 0 Å². The van der Waals surface area contributed by atoms with E-state index < -0.39 is 0 Å². The van der Waals surface area contributed by atoms with Gasteiger partial charge in [0, 0.05) is 25.6 Å². The van der Waals surface area contributed by atoms with E-state index in [1.807, 2.05) is 5.51 Å². The van der Waals surface area contributed by atoms with Crippen LogP contribution in [0.15, 0.2) is 10.9 Å². The highest BCUT2D eigenvalue weighted by Crippen LogP contribution is 2.42. The molecule has 1 fully saturated rings. The van der Waals surface area contributed by atoms with Crippen LogP contribution < -0.4 is 5.73 Å². The summed E-state index contributed by atoms with van der Waals surface area (Å²) in [6.45, 7) is 2.20. The molecule has 1 atom stereocenters. The Hall–Kier alpha value is -0.490. The Labute approximate surface area is 107 Å². The lowest BCUT2D eigenvalue weighted by molar-refractivity contribution is 0.00988. The van der Waals surface area contributed by atoms with Gasteiger partial charge in [-0.3, -0.25) is 4.90 Å². The van der Waals surface area contributed by atoms with Crippen molar-refractivity contribution in [2.75, 3.05) is 27.3 Å². The highest BCUT2D eigenvalue weighted by atomic mass is 32.1. The highest BCUT2D eigenvalue weighted by molar-refractivity contribution is 7.07. The molecule has 0 aliphatic heterocycles. The molecule has 4 nitrogen and oxygen atoms in total. The SMILES string of the molecule is COCC(CN)(C1CC1)N(C)Cc1cscn1. The second kappa shape index (κ2) is 5.44. The number of hydrogen-bond donors (Lipinski definition) is 1. The molecule has 1 saturated carbocycles. The molecule has 0 bridgehead atoms. The molecule has 1 aromatic rings. The first-order valence-electron chi connectivity index (χ1n) is 6.00. The maximum Gasteiger partial charge on any atom is 0.0795 e. The van der Waals surface area contributed by atoms with Gasteiger partial charge in [-0.15, -0.1) is 11.3 Å². The first kappa shape index (κ1) is 13.0. The topological polar surface area (TPSA) is 51.4 Å². The molecule has 1 unspecified atom stereocenters. The summed E-state index contributed by atoms with van der Waals surface area (Å²) in [5.74, 6) is 0.677. The molecule has 96 valence electrons. The normalized spacial score (nSPS) is 19.5. The number of nitrogens with two attached hydrogens (primary N) is 1. The first-order chi connectivity index (χ1) is 8.23. The molecule has 1 aliphatic rings. The van der Waals surface area contributed by atoms with E-state index in [2.05, 4.69) is 22.3 Å². The number of rotatable bonds is 7. The second-order valence-corrected chi connectivity index (χ2v) is 5.57. The van der Waals surface area contributed by atoms with Gasteiger partial charge in [-0.25, -0.2) is 4.98 Å². The Morgan fingerprint density at radius 2 is 2.41 bits per heavy atom. The number of likely N-dealkylation sites (N-methyl/N-ethyl adjacent to an activating group) is 1. The Bertz CT molecular complexity index is 340. The van der Waals surface area contributed by atoms with Crippen molar-refractivity contribution in [3.63, 3.8) is 0 Å². The number of aromatic nitrogens is 1. The van der Waals surface area contributed by atoms with Crippen molar-refractivity contribution in [2.45, 2.75) is 24.9 Å². The third kappa shape index (κ3) is 2.68. The summed E-state index contributed by atoms with van der Waals surface area (Å²) < 4.78 is 5.40. The van der Waals surface area contributed by atoms with Gasteiger partial charge in [-0.05, 0) is 25.8 Å². The minimum Gasteiger partial charge on any atom is -0.383 e. The minimum atomic E-state index is -0.0155. The van der Waals surface area contributed by atoms with E-state index >= 15 is 0 Å². The van der Waals surface area contributed by atoms with Gasteiger partial charge >= 0.3 is 0 Å². The maximum atomic E-state index is 6.03. The molecule has 0 saturated heterocycles. The summed E-state index contributed by atoms with van der Waals surface area (Å²) in [6, 6.07) is 0. The van der Waals surface area contributed by atoms with Crippen molar-refractivity contribution >= 4 is 11.3 Å². The van der Waals surface area contributed by atoms with Crippen molar-refractivity contribution in [2.24, 2.45) is 11.7 Å². The van der Waals surface area contributed by atoms with Crippen molar-refractivity contribution in [3.05, 3.63) is 16.6 Å². The number of thiazole rings is 1. The van der Waals surface area contributed by atoms with Crippen LogP contribution in [0.1, 0.15) is 18.5 Å². The van der Waals surface area contributed by atoms with Crippen molar-refractivity contribution in [3.8, 4) is 0 Å². The van der Waals surface area contributed by atoms with Crippen LogP contribution in [0.5, 0.6) is 0 Å². The average Bonchev–Trinajstić information content (AvgIpc) is 3.05. The predicted molar refractivity (Wildman–Crippen MR) is 70.0 cm³/mol. The zero-order valence-electron chi connectivity index (χ0n) is 10.6. The Morgan fingerprint density at radius 1 is 1.65 bits per heavy atom. The van der Waals surface area contributed by atoms with Crippen LogP contribution in [0.25, 0.3) is 0 Å². The summed E-state index contributed by atoms with van der Waals surface area (Å²) in [6.07, 6.45) is 2.53. The van der Waals surface area contributed by atoms with Gasteiger partial charge in [-0.2, -0.15) is 0 Å². The number of hydrogen-bond acceptors (Lipinski definition) is 5. The summed E-state index contributed by atoms with van der Waals surface area (Å²) >= 11 is 1.64. The summed E-state index contributed by atoms with van der Waals surface area (Å²) in [4.78, 5) is 6.66. The number of ether oxygens (including phenoxy) is 1. The minimum absolute atomic E-state index is 0.0155. The van der Waals surface area contributed by atoms with Crippen molar-refractivity contribution in [1.82, 2.24) is 9.88 Å². The lowest BCUT2D eigenvalue weighted by Gasteiger charge is -2.41. The molecule has 0 spiro atoms. The van der Waals surface area contributed by atoms with Crippen LogP contribution in [0.3, 0.4) is 0 Å². The van der Waals surface area contributed by atoms with Crippen LogP contribution in [0.2, 0.25) is 0 Å². The summed E-state index contributed by atoms with van der Waals surface area (Å²) in [7, 11) is 3.88. The third-order valence-corrected chi connectivity index (χ3v) is 4.36. The van der Waals surface area contributed by atoms with E-state index in [9.17, 15) is 0 Å². The predicted octanol–water partition coefficient (Wildman–Crippen LogP) is 1.33. The fourth-order valence-electron chi connectivity index (χ4n) is 2.51. The van der Waals surface area contributed by atoms with E-state index in [4.69, 9.17) is 10.5 Å². The summed E-state index contributed by atoms with van der Waals surface area (Å²) in [5.41, 5.74) is 9.00. The molecule has 2 rings (SSSR count). The van der Waals surface area contributed by atoms with Gasteiger partial charge in [-0.1, -0.05) is 0 Å². The van der Waals surface area contributed by atoms with Gasteiger partial charge in [0.2, 0.25) is 0 Å². The van der Waals surface area contributed by atoms with Crippen molar-refractivity contribution in [1.29, 1.82) is 0 Å². The second-order valence-electron chi connectivity index (χ2n) is 4.85. The van der Waals surface area contributed by atoms with E-state index in [0.717, 1.165) is 12.2 Å². The van der Waals surface area contributed by atoms with Gasteiger partial charge in [0.05, 0.1) is 23.4 Å². The zero-order chi connectivity index (χ0) is 12.3. The molecule has 1 aliphatic carbocycles. The average molecular weight is 255 g/mol. The van der Waals surface area contributed by atoms with E-state index in [0.29, 0.717) is 19.1 Å². The molecule has 1 aromatic heterocycles. The van der Waals surface area contributed by atoms with Crippen LogP contribution in [0, 0.1) is 5.92 Å². The smallest absolute Gasteiger partial charge is 0.0795 e. The maximum absolute atomic E-state index is 6.03. The molecule has 17 heavy (non-hydrogen) atoms. The van der Waals surface area contributed by atoms with Crippen LogP contribution in [-0.4, -0.2) is 42.7 Å². The molecular weight excluding hydrogens is 234 g/mol. The Kier molecular flexibility index (Phi) is 4.14. The lowest BCUT2D eigenvalue weighted by Crippen LogP contribution is -2.56.